The minimum atomic E-state index is 0.709. The van der Waals surface area contributed by atoms with Crippen LogP contribution in [0.3, 0.4) is 0 Å². The summed E-state index contributed by atoms with van der Waals surface area (Å²) >= 11 is 2.14. The van der Waals surface area contributed by atoms with Gasteiger partial charge in [-0.25, -0.2) is 0 Å². The highest BCUT2D eigenvalue weighted by molar-refractivity contribution is 7.99. The lowest BCUT2D eigenvalue weighted by Crippen LogP contribution is -2.49. The molecule has 0 radical (unpaired) electrons. The zero-order valence-electron chi connectivity index (χ0n) is 11.9. The summed E-state index contributed by atoms with van der Waals surface area (Å²) in [6, 6.07) is 1.46. The van der Waals surface area contributed by atoms with E-state index in [1.807, 2.05) is 7.11 Å². The summed E-state index contributed by atoms with van der Waals surface area (Å²) in [6.45, 7) is 6.76. The lowest BCUT2D eigenvalue weighted by molar-refractivity contribution is 0.107. The monoisotopic (exact) mass is 272 g/mol. The number of methoxy groups -OCH3 is 1. The van der Waals surface area contributed by atoms with Gasteiger partial charge in [-0.2, -0.15) is 11.8 Å². The van der Waals surface area contributed by atoms with E-state index in [1.165, 1.54) is 44.5 Å². The van der Waals surface area contributed by atoms with Crippen LogP contribution in [-0.2, 0) is 4.74 Å². The maximum Gasteiger partial charge on any atom is 0.0589 e. The largest absolute Gasteiger partial charge is 0.383 e. The first-order valence-corrected chi connectivity index (χ1v) is 8.44. The number of hydrogen-bond acceptors (Lipinski definition) is 4. The fourth-order valence-electron chi connectivity index (χ4n) is 3.18. The van der Waals surface area contributed by atoms with Gasteiger partial charge in [-0.15, -0.1) is 0 Å². The molecule has 0 amide bonds. The van der Waals surface area contributed by atoms with Gasteiger partial charge in [-0.1, -0.05) is 6.92 Å². The number of nitrogens with one attached hydrogen (secondary N) is 1. The second-order valence-electron chi connectivity index (χ2n) is 5.57. The summed E-state index contributed by atoms with van der Waals surface area (Å²) in [5, 5.41) is 4.40. The molecular weight excluding hydrogens is 244 g/mol. The molecule has 4 heteroatoms. The highest BCUT2D eigenvalue weighted by Crippen LogP contribution is 2.29. The van der Waals surface area contributed by atoms with Crippen LogP contribution in [0.2, 0.25) is 0 Å². The molecule has 0 aromatic carbocycles. The van der Waals surface area contributed by atoms with Crippen molar-refractivity contribution in [2.45, 2.75) is 49.9 Å². The third kappa shape index (κ3) is 4.12. The van der Waals surface area contributed by atoms with Gasteiger partial charge in [-0.05, 0) is 38.0 Å². The molecule has 0 aromatic rings. The Morgan fingerprint density at radius 1 is 1.33 bits per heavy atom. The van der Waals surface area contributed by atoms with Crippen molar-refractivity contribution in [3.8, 4) is 0 Å². The fraction of sp³-hybridized carbons (Fsp3) is 1.00. The summed E-state index contributed by atoms with van der Waals surface area (Å²) < 4.78 is 5.29. The summed E-state index contributed by atoms with van der Waals surface area (Å²) in [5.74, 6) is 1.34. The van der Waals surface area contributed by atoms with E-state index in [0.717, 1.165) is 24.4 Å². The predicted molar refractivity (Wildman–Crippen MR) is 79.4 cm³/mol. The Kier molecular flexibility index (Phi) is 6.29. The molecule has 2 aliphatic rings. The maximum absolute atomic E-state index is 5.29. The normalized spacial score (nSPS) is 33.2. The molecule has 3 nitrogen and oxygen atoms in total. The highest BCUT2D eigenvalue weighted by atomic mass is 32.2. The topological polar surface area (TPSA) is 24.5 Å². The molecule has 0 aliphatic carbocycles. The zero-order valence-corrected chi connectivity index (χ0v) is 12.7. The Balaban J connectivity index is 1.89. The summed E-state index contributed by atoms with van der Waals surface area (Å²) in [5.41, 5.74) is 0. The maximum atomic E-state index is 5.29. The first-order valence-electron chi connectivity index (χ1n) is 7.39. The molecular formula is C14H28N2OS. The minimum Gasteiger partial charge on any atom is -0.383 e. The number of rotatable bonds is 6. The van der Waals surface area contributed by atoms with Gasteiger partial charge in [-0.3, -0.25) is 4.90 Å². The van der Waals surface area contributed by atoms with Crippen LogP contribution in [0.25, 0.3) is 0 Å². The van der Waals surface area contributed by atoms with E-state index in [0.29, 0.717) is 6.04 Å². The molecule has 106 valence electrons. The lowest BCUT2D eigenvalue weighted by atomic mass is 10.0. The zero-order chi connectivity index (χ0) is 12.8. The average molecular weight is 272 g/mol. The molecule has 3 unspecified atom stereocenters. The van der Waals surface area contributed by atoms with E-state index >= 15 is 0 Å². The van der Waals surface area contributed by atoms with Crippen LogP contribution >= 0.6 is 11.8 Å². The van der Waals surface area contributed by atoms with Gasteiger partial charge in [0.25, 0.3) is 0 Å². The van der Waals surface area contributed by atoms with Crippen LogP contribution in [0.1, 0.15) is 32.6 Å². The number of ether oxygens (including phenoxy) is 1. The van der Waals surface area contributed by atoms with Gasteiger partial charge in [0.2, 0.25) is 0 Å². The van der Waals surface area contributed by atoms with E-state index in [4.69, 9.17) is 4.74 Å². The average Bonchev–Trinajstić information content (AvgIpc) is 2.88. The molecule has 0 saturated carbocycles. The molecule has 0 spiro atoms. The number of hydrogen-bond donors (Lipinski definition) is 1. The van der Waals surface area contributed by atoms with Crippen molar-refractivity contribution in [1.29, 1.82) is 0 Å². The SMILES string of the molecule is COCCN(CC1CCCN1)C1CCCSC1C. The second kappa shape index (κ2) is 7.73. The quantitative estimate of drug-likeness (QED) is 0.799. The van der Waals surface area contributed by atoms with E-state index < -0.39 is 0 Å². The second-order valence-corrected chi connectivity index (χ2v) is 7.05. The van der Waals surface area contributed by atoms with Crippen molar-refractivity contribution in [1.82, 2.24) is 10.2 Å². The van der Waals surface area contributed by atoms with E-state index in [1.54, 1.807) is 0 Å². The Hall–Kier alpha value is 0.230. The van der Waals surface area contributed by atoms with Crippen LogP contribution < -0.4 is 5.32 Å². The van der Waals surface area contributed by atoms with Crippen LogP contribution in [0.5, 0.6) is 0 Å². The van der Waals surface area contributed by atoms with E-state index in [9.17, 15) is 0 Å². The molecule has 18 heavy (non-hydrogen) atoms. The molecule has 3 atom stereocenters. The summed E-state index contributed by atoms with van der Waals surface area (Å²) in [7, 11) is 1.81. The van der Waals surface area contributed by atoms with Crippen LogP contribution in [-0.4, -0.2) is 61.3 Å². The molecule has 0 bridgehead atoms. The fourth-order valence-corrected chi connectivity index (χ4v) is 4.42. The van der Waals surface area contributed by atoms with E-state index in [-0.39, 0.29) is 0 Å². The van der Waals surface area contributed by atoms with Gasteiger partial charge in [0.05, 0.1) is 6.61 Å². The minimum absolute atomic E-state index is 0.709. The van der Waals surface area contributed by atoms with Crippen molar-refractivity contribution in [3.05, 3.63) is 0 Å². The molecule has 2 heterocycles. The van der Waals surface area contributed by atoms with Gasteiger partial charge < -0.3 is 10.1 Å². The van der Waals surface area contributed by atoms with E-state index in [2.05, 4.69) is 28.9 Å². The lowest BCUT2D eigenvalue weighted by Gasteiger charge is -2.39. The summed E-state index contributed by atoms with van der Waals surface area (Å²) in [6.07, 6.45) is 5.43. The molecule has 2 fully saturated rings. The first-order chi connectivity index (χ1) is 8.81. The molecule has 1 N–H and O–H groups in total. The molecule has 2 aliphatic heterocycles. The number of nitrogens with zero attached hydrogens (tertiary/aromatic N) is 1. The number of thioether (sulfide) groups is 1. The highest BCUT2D eigenvalue weighted by Gasteiger charge is 2.29. The standard InChI is InChI=1S/C14H28N2OS/c1-12-14(6-4-10-18-12)16(8-9-17-2)11-13-5-3-7-15-13/h12-15H,3-11H2,1-2H3. The van der Waals surface area contributed by atoms with Gasteiger partial charge in [0, 0.05) is 37.5 Å². The van der Waals surface area contributed by atoms with Crippen molar-refractivity contribution in [3.63, 3.8) is 0 Å². The van der Waals surface area contributed by atoms with Crippen molar-refractivity contribution < 1.29 is 4.74 Å². The third-order valence-electron chi connectivity index (χ3n) is 4.24. The van der Waals surface area contributed by atoms with Crippen molar-refractivity contribution in [2.75, 3.05) is 39.1 Å². The summed E-state index contributed by atoms with van der Waals surface area (Å²) in [4.78, 5) is 2.68. The Morgan fingerprint density at radius 3 is 2.89 bits per heavy atom. The first kappa shape index (κ1) is 14.6. The molecule has 0 aromatic heterocycles. The Morgan fingerprint density at radius 2 is 2.22 bits per heavy atom. The third-order valence-corrected chi connectivity index (χ3v) is 5.60. The van der Waals surface area contributed by atoms with Gasteiger partial charge >= 0.3 is 0 Å². The molecule has 2 saturated heterocycles. The van der Waals surface area contributed by atoms with Crippen LogP contribution in [0.4, 0.5) is 0 Å². The van der Waals surface area contributed by atoms with Crippen LogP contribution in [0.15, 0.2) is 0 Å². The van der Waals surface area contributed by atoms with Crippen molar-refractivity contribution in [2.24, 2.45) is 0 Å². The van der Waals surface area contributed by atoms with Crippen molar-refractivity contribution >= 4 is 11.8 Å². The van der Waals surface area contributed by atoms with Gasteiger partial charge in [0.15, 0.2) is 0 Å². The van der Waals surface area contributed by atoms with Gasteiger partial charge in [0.1, 0.15) is 0 Å². The Labute approximate surface area is 116 Å². The van der Waals surface area contributed by atoms with Crippen LogP contribution in [0, 0.1) is 0 Å². The molecule has 2 rings (SSSR count). The smallest absolute Gasteiger partial charge is 0.0589 e. The predicted octanol–water partition coefficient (Wildman–Crippen LogP) is 1.97. The Bertz CT molecular complexity index is 234.